The third kappa shape index (κ3) is 4.60. The Balaban J connectivity index is 1.99. The monoisotopic (exact) mass is 435 g/mol. The lowest BCUT2D eigenvalue weighted by molar-refractivity contribution is -0.0498. The summed E-state index contributed by atoms with van der Waals surface area (Å²) in [6, 6.07) is 9.49. The van der Waals surface area contributed by atoms with Crippen molar-refractivity contribution >= 4 is 17.6 Å². The van der Waals surface area contributed by atoms with Gasteiger partial charge >= 0.3 is 6.61 Å². The SMILES string of the molecule is CN=c1scc(-c2ccc(OC(F)F)cc2)n1N=Cc1cc(OC)c(O)c(OC)c1. The average molecular weight is 435 g/mol. The third-order valence-corrected chi connectivity index (χ3v) is 4.98. The van der Waals surface area contributed by atoms with E-state index in [1.54, 1.807) is 42.2 Å². The van der Waals surface area contributed by atoms with Gasteiger partial charge in [0.15, 0.2) is 11.5 Å². The van der Waals surface area contributed by atoms with E-state index in [0.717, 1.165) is 11.3 Å². The highest BCUT2D eigenvalue weighted by atomic mass is 32.1. The summed E-state index contributed by atoms with van der Waals surface area (Å²) in [7, 11) is 4.53. The Hall–Kier alpha value is -3.40. The summed E-state index contributed by atoms with van der Waals surface area (Å²) in [5.41, 5.74) is 2.10. The molecule has 158 valence electrons. The molecule has 0 unspecified atom stereocenters. The third-order valence-electron chi connectivity index (χ3n) is 4.08. The second-order valence-electron chi connectivity index (χ2n) is 5.86. The molecule has 0 saturated heterocycles. The van der Waals surface area contributed by atoms with E-state index in [0.29, 0.717) is 10.4 Å². The molecular weight excluding hydrogens is 416 g/mol. The minimum absolute atomic E-state index is 0.0720. The Morgan fingerprint density at radius 1 is 1.10 bits per heavy atom. The summed E-state index contributed by atoms with van der Waals surface area (Å²) in [6.07, 6.45) is 1.57. The molecule has 0 fully saturated rings. The van der Waals surface area contributed by atoms with E-state index >= 15 is 0 Å². The van der Waals surface area contributed by atoms with Gasteiger partial charge in [-0.2, -0.15) is 13.9 Å². The number of halogens is 2. The molecule has 1 heterocycles. The fourth-order valence-corrected chi connectivity index (χ4v) is 3.48. The summed E-state index contributed by atoms with van der Waals surface area (Å²) < 4.78 is 41.1. The molecule has 1 aromatic heterocycles. The molecule has 1 N–H and O–H groups in total. The predicted molar refractivity (Wildman–Crippen MR) is 110 cm³/mol. The van der Waals surface area contributed by atoms with Gasteiger partial charge in [-0.15, -0.1) is 11.3 Å². The number of ether oxygens (including phenoxy) is 3. The molecule has 0 aliphatic rings. The number of thiazole rings is 1. The van der Waals surface area contributed by atoms with Crippen LogP contribution in [0.2, 0.25) is 0 Å². The zero-order chi connectivity index (χ0) is 21.7. The number of hydrogen-bond acceptors (Lipinski definition) is 7. The zero-order valence-corrected chi connectivity index (χ0v) is 17.2. The van der Waals surface area contributed by atoms with Gasteiger partial charge in [-0.25, -0.2) is 4.68 Å². The quantitative estimate of drug-likeness (QED) is 0.570. The number of hydrogen-bond donors (Lipinski definition) is 1. The maximum absolute atomic E-state index is 12.4. The number of nitrogens with zero attached hydrogens (tertiary/aromatic N) is 3. The van der Waals surface area contributed by atoms with Crippen molar-refractivity contribution in [3.8, 4) is 34.3 Å². The number of phenols is 1. The molecule has 3 aromatic rings. The first-order chi connectivity index (χ1) is 14.5. The van der Waals surface area contributed by atoms with Crippen molar-refractivity contribution in [1.82, 2.24) is 4.68 Å². The van der Waals surface area contributed by atoms with Gasteiger partial charge in [0.2, 0.25) is 10.6 Å². The van der Waals surface area contributed by atoms with Crippen LogP contribution in [-0.4, -0.2) is 43.9 Å². The van der Waals surface area contributed by atoms with Crippen molar-refractivity contribution in [3.05, 3.63) is 52.1 Å². The number of rotatable bonds is 7. The molecule has 0 saturated carbocycles. The summed E-state index contributed by atoms with van der Waals surface area (Å²) in [5, 5.41) is 16.4. The first-order valence-electron chi connectivity index (χ1n) is 8.64. The van der Waals surface area contributed by atoms with Crippen molar-refractivity contribution in [2.24, 2.45) is 10.1 Å². The summed E-state index contributed by atoms with van der Waals surface area (Å²) >= 11 is 1.38. The number of benzene rings is 2. The van der Waals surface area contributed by atoms with E-state index in [9.17, 15) is 13.9 Å². The van der Waals surface area contributed by atoms with Gasteiger partial charge in [0.1, 0.15) is 5.75 Å². The highest BCUT2D eigenvalue weighted by Crippen LogP contribution is 2.36. The molecule has 0 radical (unpaired) electrons. The van der Waals surface area contributed by atoms with Gasteiger partial charge in [-0.1, -0.05) is 0 Å². The molecule has 0 atom stereocenters. The molecular formula is C20H19F2N3O4S. The minimum atomic E-state index is -2.88. The van der Waals surface area contributed by atoms with Gasteiger partial charge in [-0.05, 0) is 36.4 Å². The predicted octanol–water partition coefficient (Wildman–Crippen LogP) is 3.95. The topological polar surface area (TPSA) is 77.6 Å². The molecule has 3 rings (SSSR count). The Morgan fingerprint density at radius 3 is 2.27 bits per heavy atom. The fraction of sp³-hybridized carbons (Fsp3) is 0.200. The lowest BCUT2D eigenvalue weighted by atomic mass is 10.2. The van der Waals surface area contributed by atoms with Crippen LogP contribution >= 0.6 is 11.3 Å². The lowest BCUT2D eigenvalue weighted by Gasteiger charge is -2.09. The van der Waals surface area contributed by atoms with Crippen molar-refractivity contribution in [2.75, 3.05) is 21.3 Å². The minimum Gasteiger partial charge on any atom is -0.502 e. The molecule has 30 heavy (non-hydrogen) atoms. The standard InChI is InChI=1S/C20H19F2N3O4S/c1-23-20-25(24-10-12-8-16(27-2)18(26)17(9-12)28-3)15(11-30-20)13-4-6-14(7-5-13)29-19(21)22/h4-11,19,26H,1-3H3. The van der Waals surface area contributed by atoms with Crippen LogP contribution in [0.3, 0.4) is 0 Å². The number of alkyl halides is 2. The van der Waals surface area contributed by atoms with E-state index in [-0.39, 0.29) is 23.0 Å². The Kier molecular flexibility index (Phi) is 6.68. The second-order valence-corrected chi connectivity index (χ2v) is 6.70. The first-order valence-corrected chi connectivity index (χ1v) is 9.52. The number of phenolic OH excluding ortho intramolecular Hbond substituents is 1. The first kappa shape index (κ1) is 21.3. The lowest BCUT2D eigenvalue weighted by Crippen LogP contribution is -2.11. The van der Waals surface area contributed by atoms with Crippen LogP contribution in [0.15, 0.2) is 51.9 Å². The Morgan fingerprint density at radius 2 is 1.73 bits per heavy atom. The van der Waals surface area contributed by atoms with Gasteiger partial charge in [0.25, 0.3) is 0 Å². The van der Waals surface area contributed by atoms with Crippen LogP contribution in [0.5, 0.6) is 23.0 Å². The van der Waals surface area contributed by atoms with Crippen molar-refractivity contribution in [1.29, 1.82) is 0 Å². The fourth-order valence-electron chi connectivity index (χ4n) is 2.68. The largest absolute Gasteiger partial charge is 0.502 e. The molecule has 0 bridgehead atoms. The zero-order valence-electron chi connectivity index (χ0n) is 16.4. The van der Waals surface area contributed by atoms with Crippen LogP contribution in [-0.2, 0) is 0 Å². The normalized spacial score (nSPS) is 12.0. The molecule has 10 heteroatoms. The molecule has 0 spiro atoms. The molecule has 2 aromatic carbocycles. The summed E-state index contributed by atoms with van der Waals surface area (Å²) in [4.78, 5) is 4.85. The van der Waals surface area contributed by atoms with Gasteiger partial charge < -0.3 is 19.3 Å². The van der Waals surface area contributed by atoms with Crippen LogP contribution < -0.4 is 19.0 Å². The number of aromatic nitrogens is 1. The van der Waals surface area contributed by atoms with Crippen LogP contribution in [0.1, 0.15) is 5.56 Å². The van der Waals surface area contributed by atoms with Crippen molar-refractivity contribution in [3.63, 3.8) is 0 Å². The van der Waals surface area contributed by atoms with E-state index in [2.05, 4.69) is 14.8 Å². The Bertz CT molecular complexity index is 1080. The van der Waals surface area contributed by atoms with Gasteiger partial charge in [0.05, 0.1) is 26.1 Å². The van der Waals surface area contributed by atoms with Crippen molar-refractivity contribution in [2.45, 2.75) is 6.61 Å². The van der Waals surface area contributed by atoms with E-state index in [1.165, 1.54) is 37.7 Å². The second kappa shape index (κ2) is 9.40. The molecule has 0 aliphatic heterocycles. The van der Waals surface area contributed by atoms with Gasteiger partial charge in [0, 0.05) is 23.6 Å². The van der Waals surface area contributed by atoms with Crippen LogP contribution in [0, 0.1) is 0 Å². The summed E-state index contributed by atoms with van der Waals surface area (Å²) in [6.45, 7) is -2.88. The smallest absolute Gasteiger partial charge is 0.387 e. The Labute approximate surface area is 175 Å². The molecule has 7 nitrogen and oxygen atoms in total. The van der Waals surface area contributed by atoms with E-state index in [4.69, 9.17) is 9.47 Å². The van der Waals surface area contributed by atoms with Crippen molar-refractivity contribution < 1.29 is 28.1 Å². The number of aromatic hydroxyl groups is 1. The highest BCUT2D eigenvalue weighted by molar-refractivity contribution is 7.07. The van der Waals surface area contributed by atoms with Gasteiger partial charge in [-0.3, -0.25) is 4.99 Å². The average Bonchev–Trinajstić information content (AvgIpc) is 3.16. The summed E-state index contributed by atoms with van der Waals surface area (Å²) in [5.74, 6) is 0.474. The van der Waals surface area contributed by atoms with E-state index in [1.807, 2.05) is 5.38 Å². The molecule has 0 amide bonds. The maximum atomic E-state index is 12.4. The van der Waals surface area contributed by atoms with Crippen LogP contribution in [0.25, 0.3) is 11.3 Å². The maximum Gasteiger partial charge on any atom is 0.387 e. The highest BCUT2D eigenvalue weighted by Gasteiger charge is 2.12. The van der Waals surface area contributed by atoms with E-state index < -0.39 is 6.61 Å². The molecule has 0 aliphatic carbocycles. The number of methoxy groups -OCH3 is 2. The van der Waals surface area contributed by atoms with Crippen LogP contribution in [0.4, 0.5) is 8.78 Å².